The lowest BCUT2D eigenvalue weighted by Crippen LogP contribution is -2.01. The first kappa shape index (κ1) is 14.1. The van der Waals surface area contributed by atoms with E-state index in [9.17, 15) is 13.2 Å². The number of hydrogen-bond acceptors (Lipinski definition) is 5. The Balaban J connectivity index is 2.59. The smallest absolute Gasteiger partial charge is 0.354 e. The number of imidazole rings is 1. The summed E-state index contributed by atoms with van der Waals surface area (Å²) in [4.78, 5) is 17.3. The van der Waals surface area contributed by atoms with E-state index in [-0.39, 0.29) is 16.5 Å². The van der Waals surface area contributed by atoms with Crippen molar-refractivity contribution < 1.29 is 23.1 Å². The van der Waals surface area contributed by atoms with Gasteiger partial charge in [-0.3, -0.25) is 0 Å². The molecule has 7 nitrogen and oxygen atoms in total. The number of carbonyl (C=O) groups is 1. The lowest BCUT2D eigenvalue weighted by Gasteiger charge is -2.01. The van der Waals surface area contributed by atoms with Crippen LogP contribution in [0.25, 0.3) is 11.3 Å². The maximum Gasteiger partial charge on any atom is 0.354 e. The summed E-state index contributed by atoms with van der Waals surface area (Å²) in [5.74, 6) is -0.678. The summed E-state index contributed by atoms with van der Waals surface area (Å²) in [6.07, 6.45) is 0.954. The van der Waals surface area contributed by atoms with E-state index < -0.39 is 15.8 Å². The third-order valence-electron chi connectivity index (χ3n) is 2.61. The zero-order valence-electron chi connectivity index (χ0n) is 10.7. The van der Waals surface area contributed by atoms with Gasteiger partial charge in [-0.1, -0.05) is 0 Å². The van der Waals surface area contributed by atoms with Crippen molar-refractivity contribution in [2.24, 2.45) is 0 Å². The van der Waals surface area contributed by atoms with Crippen LogP contribution in [0, 0.1) is 0 Å². The highest BCUT2D eigenvalue weighted by molar-refractivity contribution is 7.90. The number of sulfone groups is 1. The highest BCUT2D eigenvalue weighted by Crippen LogP contribution is 2.25. The number of aromatic amines is 1. The van der Waals surface area contributed by atoms with Gasteiger partial charge in [0.05, 0.1) is 7.11 Å². The van der Waals surface area contributed by atoms with Crippen molar-refractivity contribution in [1.82, 2.24) is 9.97 Å². The average Bonchev–Trinajstić information content (AvgIpc) is 2.84. The highest BCUT2D eigenvalue weighted by atomic mass is 32.2. The summed E-state index contributed by atoms with van der Waals surface area (Å²) in [7, 11) is -2.11. The summed E-state index contributed by atoms with van der Waals surface area (Å²) in [6, 6.07) is 6.48. The first-order chi connectivity index (χ1) is 9.32. The lowest BCUT2D eigenvalue weighted by atomic mass is 10.1. The number of aromatic carboxylic acids is 1. The van der Waals surface area contributed by atoms with Gasteiger partial charge in [-0.05, 0) is 24.3 Å². The first-order valence-corrected chi connectivity index (χ1v) is 7.40. The van der Waals surface area contributed by atoms with Gasteiger partial charge in [-0.25, -0.2) is 18.2 Å². The number of H-pyrrole nitrogens is 1. The number of benzene rings is 1. The van der Waals surface area contributed by atoms with Gasteiger partial charge in [-0.2, -0.15) is 0 Å². The van der Waals surface area contributed by atoms with Crippen LogP contribution < -0.4 is 4.74 Å². The second-order valence-electron chi connectivity index (χ2n) is 4.07. The van der Waals surface area contributed by atoms with Gasteiger partial charge in [0, 0.05) is 11.8 Å². The molecule has 2 aromatic rings. The van der Waals surface area contributed by atoms with E-state index in [0.717, 1.165) is 6.26 Å². The van der Waals surface area contributed by atoms with Crippen LogP contribution in [0.2, 0.25) is 0 Å². The van der Waals surface area contributed by atoms with Crippen LogP contribution in [0.15, 0.2) is 29.4 Å². The number of methoxy groups -OCH3 is 1. The Bertz CT molecular complexity index is 747. The second kappa shape index (κ2) is 4.97. The molecule has 0 unspecified atom stereocenters. The Kier molecular flexibility index (Phi) is 3.49. The standard InChI is InChI=1S/C12H12N2O5S/c1-19-8-5-3-7(4-6-8)9-10(11(15)16)14-12(13-9)20(2,17)18/h3-6H,1-2H3,(H,13,14)(H,15,16). The monoisotopic (exact) mass is 296 g/mol. The van der Waals surface area contributed by atoms with Gasteiger partial charge in [-0.15, -0.1) is 0 Å². The minimum absolute atomic E-state index is 0.0700. The molecule has 2 rings (SSSR count). The van der Waals surface area contributed by atoms with E-state index in [1.54, 1.807) is 24.3 Å². The predicted octanol–water partition coefficient (Wildman–Crippen LogP) is 1.19. The fraction of sp³-hybridized carbons (Fsp3) is 0.167. The molecule has 0 aliphatic heterocycles. The predicted molar refractivity (Wildman–Crippen MR) is 70.6 cm³/mol. The van der Waals surface area contributed by atoms with Crippen LogP contribution in [0.3, 0.4) is 0 Å². The zero-order valence-corrected chi connectivity index (χ0v) is 11.6. The number of nitrogens with one attached hydrogen (secondary N) is 1. The minimum atomic E-state index is -3.61. The topological polar surface area (TPSA) is 109 Å². The Labute approximate surface area is 115 Å². The normalized spacial score (nSPS) is 11.3. The highest BCUT2D eigenvalue weighted by Gasteiger charge is 2.22. The van der Waals surface area contributed by atoms with E-state index in [0.29, 0.717) is 11.3 Å². The Morgan fingerprint density at radius 3 is 2.35 bits per heavy atom. The molecule has 0 saturated heterocycles. The minimum Gasteiger partial charge on any atom is -0.497 e. The van der Waals surface area contributed by atoms with Crippen molar-refractivity contribution >= 4 is 15.8 Å². The molecule has 0 radical (unpaired) electrons. The summed E-state index contributed by atoms with van der Waals surface area (Å²) >= 11 is 0. The molecule has 1 aromatic heterocycles. The van der Waals surface area contributed by atoms with Gasteiger partial charge in [0.2, 0.25) is 15.0 Å². The van der Waals surface area contributed by atoms with Crippen LogP contribution in [0.5, 0.6) is 5.75 Å². The van der Waals surface area contributed by atoms with Crippen molar-refractivity contribution in [3.63, 3.8) is 0 Å². The number of carboxylic acid groups (broad SMARTS) is 1. The van der Waals surface area contributed by atoms with E-state index in [4.69, 9.17) is 9.84 Å². The van der Waals surface area contributed by atoms with Crippen LogP contribution in [0.4, 0.5) is 0 Å². The molecular formula is C12H12N2O5S. The fourth-order valence-electron chi connectivity index (χ4n) is 1.64. The number of aromatic nitrogens is 2. The van der Waals surface area contributed by atoms with Crippen LogP contribution in [-0.2, 0) is 9.84 Å². The molecule has 20 heavy (non-hydrogen) atoms. The molecule has 0 bridgehead atoms. The summed E-state index contributed by atoms with van der Waals surface area (Å²) in [5.41, 5.74) is 0.283. The van der Waals surface area contributed by atoms with Crippen LogP contribution >= 0.6 is 0 Å². The first-order valence-electron chi connectivity index (χ1n) is 5.50. The number of ether oxygens (including phenoxy) is 1. The molecule has 0 spiro atoms. The molecule has 0 saturated carbocycles. The number of hydrogen-bond donors (Lipinski definition) is 2. The van der Waals surface area contributed by atoms with Gasteiger partial charge >= 0.3 is 5.97 Å². The van der Waals surface area contributed by atoms with Gasteiger partial charge in [0.15, 0.2) is 5.69 Å². The van der Waals surface area contributed by atoms with Gasteiger partial charge in [0.25, 0.3) is 0 Å². The SMILES string of the molecule is COc1ccc(-c2nc(S(C)(=O)=O)[nH]c2C(=O)O)cc1. The molecule has 0 aliphatic rings. The molecule has 0 amide bonds. The number of rotatable bonds is 4. The van der Waals surface area contributed by atoms with Crippen molar-refractivity contribution in [2.45, 2.75) is 5.16 Å². The summed E-state index contributed by atoms with van der Waals surface area (Å²) < 4.78 is 27.9. The van der Waals surface area contributed by atoms with Gasteiger partial charge < -0.3 is 14.8 Å². The molecule has 106 valence electrons. The summed E-state index contributed by atoms with van der Waals surface area (Å²) in [6.45, 7) is 0. The second-order valence-corrected chi connectivity index (χ2v) is 6.00. The molecule has 0 aliphatic carbocycles. The van der Waals surface area contributed by atoms with E-state index in [2.05, 4.69) is 9.97 Å². The van der Waals surface area contributed by atoms with E-state index in [1.807, 2.05) is 0 Å². The third kappa shape index (κ3) is 2.64. The van der Waals surface area contributed by atoms with Crippen LogP contribution in [-0.4, -0.2) is 42.8 Å². The maximum absolute atomic E-state index is 11.4. The van der Waals surface area contributed by atoms with E-state index in [1.165, 1.54) is 7.11 Å². The zero-order chi connectivity index (χ0) is 14.9. The molecular weight excluding hydrogens is 284 g/mol. The molecule has 2 N–H and O–H groups in total. The Morgan fingerprint density at radius 1 is 1.30 bits per heavy atom. The molecule has 8 heteroatoms. The molecule has 0 fully saturated rings. The molecule has 0 atom stereocenters. The number of carboxylic acids is 1. The Hall–Kier alpha value is -2.35. The fourth-order valence-corrected chi connectivity index (χ4v) is 2.18. The Morgan fingerprint density at radius 2 is 1.90 bits per heavy atom. The van der Waals surface area contributed by atoms with Crippen LogP contribution in [0.1, 0.15) is 10.5 Å². The molecule has 1 heterocycles. The van der Waals surface area contributed by atoms with Crippen molar-refractivity contribution in [3.8, 4) is 17.0 Å². The van der Waals surface area contributed by atoms with Gasteiger partial charge in [0.1, 0.15) is 11.4 Å². The average molecular weight is 296 g/mol. The third-order valence-corrected chi connectivity index (χ3v) is 3.51. The number of nitrogens with zero attached hydrogens (tertiary/aromatic N) is 1. The summed E-state index contributed by atoms with van der Waals surface area (Å²) in [5, 5.41) is 8.74. The maximum atomic E-state index is 11.4. The molecule has 1 aromatic carbocycles. The van der Waals surface area contributed by atoms with Crippen molar-refractivity contribution in [1.29, 1.82) is 0 Å². The van der Waals surface area contributed by atoms with Crippen molar-refractivity contribution in [2.75, 3.05) is 13.4 Å². The largest absolute Gasteiger partial charge is 0.497 e. The van der Waals surface area contributed by atoms with Crippen molar-refractivity contribution in [3.05, 3.63) is 30.0 Å². The lowest BCUT2D eigenvalue weighted by molar-refractivity contribution is 0.0691. The van der Waals surface area contributed by atoms with E-state index >= 15 is 0 Å². The quantitative estimate of drug-likeness (QED) is 0.877.